The number of ether oxygens (including phenoxy) is 1. The van der Waals surface area contributed by atoms with Gasteiger partial charge in [0.25, 0.3) is 5.91 Å². The minimum Gasteiger partial charge on any atom is -0.489 e. The van der Waals surface area contributed by atoms with Gasteiger partial charge in [-0.15, -0.1) is 0 Å². The second kappa shape index (κ2) is 10.2. The van der Waals surface area contributed by atoms with Crippen molar-refractivity contribution in [2.45, 2.75) is 13.5 Å². The summed E-state index contributed by atoms with van der Waals surface area (Å²) < 4.78 is 5.76. The fourth-order valence-electron chi connectivity index (χ4n) is 3.36. The molecule has 1 saturated heterocycles. The van der Waals surface area contributed by atoms with Crippen molar-refractivity contribution in [3.05, 3.63) is 100 Å². The average molecular weight is 476 g/mol. The molecule has 0 bridgehead atoms. The van der Waals surface area contributed by atoms with Gasteiger partial charge >= 0.3 is 6.03 Å². The number of urea groups is 1. The van der Waals surface area contributed by atoms with Crippen LogP contribution in [0.2, 0.25) is 5.02 Å². The third kappa shape index (κ3) is 5.82. The summed E-state index contributed by atoms with van der Waals surface area (Å²) in [6.07, 6.45) is 1.56. The molecule has 8 heteroatoms. The molecule has 1 fully saturated rings. The van der Waals surface area contributed by atoms with Crippen molar-refractivity contribution in [1.29, 1.82) is 0 Å². The fourth-order valence-corrected chi connectivity index (χ4v) is 3.48. The van der Waals surface area contributed by atoms with Crippen LogP contribution < -0.4 is 15.4 Å². The highest BCUT2D eigenvalue weighted by Gasteiger charge is 2.34. The van der Waals surface area contributed by atoms with E-state index in [0.29, 0.717) is 28.6 Å². The molecule has 0 radical (unpaired) electrons. The summed E-state index contributed by atoms with van der Waals surface area (Å²) in [6.45, 7) is 1.92. The standard InChI is InChI=1S/C26H22ClN3O4/c1-17-3-2-4-21(13-17)28-24(31)15-30-25(32)23(29-26(30)33)14-18-7-11-22(12-8-18)34-16-19-5-9-20(27)10-6-19/h2-14H,15-16H2,1H3,(H,28,31)(H,29,33)/b23-14+. The van der Waals surface area contributed by atoms with Gasteiger partial charge in [0.2, 0.25) is 5.91 Å². The number of aryl methyl sites for hydroxylation is 1. The number of carbonyl (C=O) groups is 3. The molecule has 2 N–H and O–H groups in total. The first-order chi connectivity index (χ1) is 16.4. The first-order valence-corrected chi connectivity index (χ1v) is 10.9. The minimum atomic E-state index is -0.640. The lowest BCUT2D eigenvalue weighted by Crippen LogP contribution is -2.38. The van der Waals surface area contributed by atoms with Crippen molar-refractivity contribution in [3.8, 4) is 5.75 Å². The molecule has 0 aromatic heterocycles. The van der Waals surface area contributed by atoms with Crippen LogP contribution in [0.4, 0.5) is 10.5 Å². The van der Waals surface area contributed by atoms with E-state index in [1.54, 1.807) is 54.6 Å². The maximum atomic E-state index is 12.7. The second-order valence-electron chi connectivity index (χ2n) is 7.78. The lowest BCUT2D eigenvalue weighted by molar-refractivity contribution is -0.127. The number of benzene rings is 3. The zero-order valence-electron chi connectivity index (χ0n) is 18.4. The number of hydrogen-bond acceptors (Lipinski definition) is 4. The van der Waals surface area contributed by atoms with Crippen LogP contribution in [0.3, 0.4) is 0 Å². The molecule has 0 aliphatic carbocycles. The number of hydrogen-bond donors (Lipinski definition) is 2. The Hall–Kier alpha value is -4.10. The number of imide groups is 1. The van der Waals surface area contributed by atoms with Crippen molar-refractivity contribution in [2.75, 3.05) is 11.9 Å². The van der Waals surface area contributed by atoms with Gasteiger partial charge in [-0.05, 0) is 66.1 Å². The molecule has 0 saturated carbocycles. The maximum Gasteiger partial charge on any atom is 0.329 e. The third-order valence-electron chi connectivity index (χ3n) is 5.08. The number of halogens is 1. The minimum absolute atomic E-state index is 0.100. The molecule has 4 amide bonds. The third-order valence-corrected chi connectivity index (χ3v) is 5.33. The van der Waals surface area contributed by atoms with Crippen LogP contribution in [-0.2, 0) is 16.2 Å². The summed E-state index contributed by atoms with van der Waals surface area (Å²) in [6, 6.07) is 21.1. The van der Waals surface area contributed by atoms with E-state index in [0.717, 1.165) is 16.0 Å². The van der Waals surface area contributed by atoms with Crippen molar-refractivity contribution < 1.29 is 19.1 Å². The number of nitrogens with one attached hydrogen (secondary N) is 2. The lowest BCUT2D eigenvalue weighted by Gasteiger charge is -2.12. The Labute approximate surface area is 202 Å². The topological polar surface area (TPSA) is 87.7 Å². The molecule has 3 aromatic carbocycles. The van der Waals surface area contributed by atoms with E-state index in [1.165, 1.54) is 0 Å². The molecule has 0 atom stereocenters. The number of nitrogens with zero attached hydrogens (tertiary/aromatic N) is 1. The van der Waals surface area contributed by atoms with E-state index in [2.05, 4.69) is 10.6 Å². The number of anilines is 1. The molecule has 172 valence electrons. The maximum absolute atomic E-state index is 12.7. The van der Waals surface area contributed by atoms with E-state index in [4.69, 9.17) is 16.3 Å². The van der Waals surface area contributed by atoms with E-state index in [9.17, 15) is 14.4 Å². The summed E-state index contributed by atoms with van der Waals surface area (Å²) in [5.41, 5.74) is 3.38. The van der Waals surface area contributed by atoms with E-state index >= 15 is 0 Å². The number of amides is 4. The van der Waals surface area contributed by atoms with Gasteiger partial charge in [-0.3, -0.25) is 9.59 Å². The van der Waals surface area contributed by atoms with Crippen molar-refractivity contribution >= 4 is 41.2 Å². The fraction of sp³-hybridized carbons (Fsp3) is 0.115. The molecule has 4 rings (SSSR count). The van der Waals surface area contributed by atoms with Gasteiger partial charge in [-0.2, -0.15) is 0 Å². The summed E-state index contributed by atoms with van der Waals surface area (Å²) in [5.74, 6) is -0.363. The Morgan fingerprint density at radius 2 is 1.79 bits per heavy atom. The summed E-state index contributed by atoms with van der Waals surface area (Å²) in [5, 5.41) is 5.88. The number of carbonyl (C=O) groups excluding carboxylic acids is 3. The monoisotopic (exact) mass is 475 g/mol. The predicted molar refractivity (Wildman–Crippen MR) is 130 cm³/mol. The molecule has 1 aliphatic heterocycles. The van der Waals surface area contributed by atoms with Gasteiger partial charge in [0.1, 0.15) is 24.6 Å². The summed E-state index contributed by atoms with van der Waals surface area (Å²) in [7, 11) is 0. The SMILES string of the molecule is Cc1cccc(NC(=O)CN2C(=O)N/C(=C/c3ccc(OCc4ccc(Cl)cc4)cc3)C2=O)c1. The molecule has 34 heavy (non-hydrogen) atoms. The molecular formula is C26H22ClN3O4. The van der Waals surface area contributed by atoms with Crippen LogP contribution in [0, 0.1) is 6.92 Å². The van der Waals surface area contributed by atoms with Crippen LogP contribution >= 0.6 is 11.6 Å². The molecular weight excluding hydrogens is 454 g/mol. The molecule has 1 aliphatic rings. The van der Waals surface area contributed by atoms with Gasteiger partial charge in [0.05, 0.1) is 0 Å². The van der Waals surface area contributed by atoms with Gasteiger partial charge in [-0.1, -0.05) is 48.0 Å². The Morgan fingerprint density at radius 3 is 2.50 bits per heavy atom. The highest BCUT2D eigenvalue weighted by Crippen LogP contribution is 2.19. The van der Waals surface area contributed by atoms with Gasteiger partial charge < -0.3 is 15.4 Å². The number of rotatable bonds is 7. The second-order valence-corrected chi connectivity index (χ2v) is 8.22. The lowest BCUT2D eigenvalue weighted by atomic mass is 10.2. The van der Waals surface area contributed by atoms with Crippen LogP contribution in [-0.4, -0.2) is 29.3 Å². The summed E-state index contributed by atoms with van der Waals surface area (Å²) in [4.78, 5) is 38.1. The largest absolute Gasteiger partial charge is 0.489 e. The highest BCUT2D eigenvalue weighted by molar-refractivity contribution is 6.30. The van der Waals surface area contributed by atoms with Crippen molar-refractivity contribution in [2.24, 2.45) is 0 Å². The first kappa shape index (κ1) is 23.1. The van der Waals surface area contributed by atoms with Crippen molar-refractivity contribution in [3.63, 3.8) is 0 Å². The highest BCUT2D eigenvalue weighted by atomic mass is 35.5. The smallest absolute Gasteiger partial charge is 0.329 e. The zero-order chi connectivity index (χ0) is 24.1. The molecule has 0 spiro atoms. The molecule has 3 aromatic rings. The first-order valence-electron chi connectivity index (χ1n) is 10.6. The van der Waals surface area contributed by atoms with E-state index < -0.39 is 17.8 Å². The predicted octanol–water partition coefficient (Wildman–Crippen LogP) is 4.76. The van der Waals surface area contributed by atoms with Gasteiger partial charge in [-0.25, -0.2) is 9.69 Å². The molecule has 0 unspecified atom stereocenters. The van der Waals surface area contributed by atoms with Crippen LogP contribution in [0.1, 0.15) is 16.7 Å². The summed E-state index contributed by atoms with van der Waals surface area (Å²) >= 11 is 5.89. The normalized spacial score (nSPS) is 14.3. The Morgan fingerprint density at radius 1 is 1.06 bits per heavy atom. The average Bonchev–Trinajstić information content (AvgIpc) is 3.07. The van der Waals surface area contributed by atoms with E-state index in [-0.39, 0.29) is 12.2 Å². The molecule has 1 heterocycles. The Bertz CT molecular complexity index is 1250. The van der Waals surface area contributed by atoms with Crippen LogP contribution in [0.25, 0.3) is 6.08 Å². The van der Waals surface area contributed by atoms with E-state index in [1.807, 2.05) is 31.2 Å². The van der Waals surface area contributed by atoms with Crippen molar-refractivity contribution in [1.82, 2.24) is 10.2 Å². The van der Waals surface area contributed by atoms with Gasteiger partial charge in [0.15, 0.2) is 0 Å². The Balaban J connectivity index is 1.35. The molecule has 7 nitrogen and oxygen atoms in total. The zero-order valence-corrected chi connectivity index (χ0v) is 19.1. The van der Waals surface area contributed by atoms with Crippen LogP contribution in [0.15, 0.2) is 78.5 Å². The Kier molecular flexibility index (Phi) is 6.94. The van der Waals surface area contributed by atoms with Gasteiger partial charge in [0, 0.05) is 10.7 Å². The van der Waals surface area contributed by atoms with Crippen LogP contribution in [0.5, 0.6) is 5.75 Å². The quantitative estimate of drug-likeness (QED) is 0.381.